The summed E-state index contributed by atoms with van der Waals surface area (Å²) in [5, 5.41) is 14.5. The molecule has 2 rings (SSSR count). The zero-order valence-corrected chi connectivity index (χ0v) is 9.54. The lowest BCUT2D eigenvalue weighted by Gasteiger charge is -2.09. The van der Waals surface area contributed by atoms with E-state index in [4.69, 9.17) is 5.11 Å². The molecule has 0 bridgehead atoms. The van der Waals surface area contributed by atoms with E-state index in [1.165, 1.54) is 0 Å². The summed E-state index contributed by atoms with van der Waals surface area (Å²) >= 11 is 3.36. The molecule has 1 unspecified atom stereocenters. The van der Waals surface area contributed by atoms with Crippen LogP contribution in [0, 0.1) is 0 Å². The molecule has 0 saturated carbocycles. The summed E-state index contributed by atoms with van der Waals surface area (Å²) in [6.45, 7) is 0.428. The van der Waals surface area contributed by atoms with Gasteiger partial charge in [0.05, 0.1) is 6.61 Å². The van der Waals surface area contributed by atoms with Crippen molar-refractivity contribution < 1.29 is 9.90 Å². The van der Waals surface area contributed by atoms with Crippen molar-refractivity contribution in [1.29, 1.82) is 0 Å². The smallest absolute Gasteiger partial charge is 0.246 e. The molecule has 4 nitrogen and oxygen atoms in total. The summed E-state index contributed by atoms with van der Waals surface area (Å²) < 4.78 is 0.938. The van der Waals surface area contributed by atoms with Gasteiger partial charge in [-0.2, -0.15) is 0 Å². The summed E-state index contributed by atoms with van der Waals surface area (Å²) in [5.74, 6) is -0.0726. The van der Waals surface area contributed by atoms with E-state index in [0.29, 0.717) is 6.54 Å². The largest absolute Gasteiger partial charge is 0.395 e. The van der Waals surface area contributed by atoms with Gasteiger partial charge < -0.3 is 10.4 Å². The number of aliphatic hydroxyl groups is 1. The second-order valence-electron chi connectivity index (χ2n) is 3.33. The Morgan fingerprint density at radius 2 is 2.33 bits per heavy atom. The highest BCUT2D eigenvalue weighted by molar-refractivity contribution is 9.10. The van der Waals surface area contributed by atoms with Crippen molar-refractivity contribution in [2.45, 2.75) is 6.04 Å². The van der Waals surface area contributed by atoms with Crippen LogP contribution in [0.15, 0.2) is 22.7 Å². The van der Waals surface area contributed by atoms with E-state index in [2.05, 4.69) is 26.6 Å². The van der Waals surface area contributed by atoms with Gasteiger partial charge in [0.2, 0.25) is 5.91 Å². The minimum absolute atomic E-state index is 0.0209. The number of aliphatic hydroxyl groups excluding tert-OH is 1. The summed E-state index contributed by atoms with van der Waals surface area (Å²) in [6, 6.07) is 5.29. The molecular formula is C10H11BrN2O2. The van der Waals surface area contributed by atoms with Crippen LogP contribution in [0.4, 0.5) is 5.69 Å². The topological polar surface area (TPSA) is 61.4 Å². The zero-order chi connectivity index (χ0) is 10.8. The molecule has 80 valence electrons. The molecule has 1 aliphatic rings. The first-order chi connectivity index (χ1) is 7.22. The van der Waals surface area contributed by atoms with Crippen LogP contribution in [-0.4, -0.2) is 24.2 Å². The number of hydrogen-bond acceptors (Lipinski definition) is 3. The lowest BCUT2D eigenvalue weighted by molar-refractivity contribution is -0.117. The molecule has 0 radical (unpaired) electrons. The quantitative estimate of drug-likeness (QED) is 0.769. The fourth-order valence-corrected chi connectivity index (χ4v) is 2.02. The number of carbonyl (C=O) groups excluding carboxylic acids is 1. The number of fused-ring (bicyclic) bond motifs is 1. The molecule has 1 aliphatic heterocycles. The van der Waals surface area contributed by atoms with Gasteiger partial charge in [-0.1, -0.05) is 15.9 Å². The van der Waals surface area contributed by atoms with Gasteiger partial charge in [0.25, 0.3) is 0 Å². The Bertz CT molecular complexity index is 395. The third-order valence-corrected chi connectivity index (χ3v) is 2.80. The van der Waals surface area contributed by atoms with Crippen molar-refractivity contribution in [3.8, 4) is 0 Å². The highest BCUT2D eigenvalue weighted by Gasteiger charge is 2.29. The second kappa shape index (κ2) is 4.30. The molecule has 0 aromatic heterocycles. The average molecular weight is 271 g/mol. The predicted molar refractivity (Wildman–Crippen MR) is 60.6 cm³/mol. The van der Waals surface area contributed by atoms with Crippen molar-refractivity contribution >= 4 is 27.5 Å². The maximum Gasteiger partial charge on any atom is 0.246 e. The number of halogens is 1. The number of carbonyl (C=O) groups is 1. The first-order valence-electron chi connectivity index (χ1n) is 4.67. The van der Waals surface area contributed by atoms with Crippen LogP contribution in [0.1, 0.15) is 11.6 Å². The van der Waals surface area contributed by atoms with E-state index in [-0.39, 0.29) is 18.6 Å². The number of nitrogens with one attached hydrogen (secondary N) is 2. The fraction of sp³-hybridized carbons (Fsp3) is 0.300. The number of amides is 1. The first kappa shape index (κ1) is 10.6. The van der Waals surface area contributed by atoms with E-state index in [9.17, 15) is 4.79 Å². The van der Waals surface area contributed by atoms with Crippen LogP contribution in [0.2, 0.25) is 0 Å². The Morgan fingerprint density at radius 3 is 3.07 bits per heavy atom. The van der Waals surface area contributed by atoms with Gasteiger partial charge in [0.1, 0.15) is 6.04 Å². The van der Waals surface area contributed by atoms with Crippen molar-refractivity contribution in [1.82, 2.24) is 5.32 Å². The molecule has 1 aromatic carbocycles. The average Bonchev–Trinajstić information content (AvgIpc) is 2.51. The molecule has 0 saturated heterocycles. The van der Waals surface area contributed by atoms with Crippen LogP contribution in [0.5, 0.6) is 0 Å². The maximum atomic E-state index is 11.6. The van der Waals surface area contributed by atoms with Gasteiger partial charge in [-0.05, 0) is 18.2 Å². The fourth-order valence-electron chi connectivity index (χ4n) is 1.64. The Labute approximate surface area is 95.8 Å². The van der Waals surface area contributed by atoms with Crippen LogP contribution in [0.25, 0.3) is 0 Å². The lowest BCUT2D eigenvalue weighted by Crippen LogP contribution is -2.29. The van der Waals surface area contributed by atoms with E-state index in [1.807, 2.05) is 18.2 Å². The molecule has 0 fully saturated rings. The Morgan fingerprint density at radius 1 is 1.53 bits per heavy atom. The molecule has 0 aliphatic carbocycles. The number of benzene rings is 1. The van der Waals surface area contributed by atoms with Gasteiger partial charge in [0.15, 0.2) is 0 Å². The molecule has 1 atom stereocenters. The molecule has 0 spiro atoms. The highest BCUT2D eigenvalue weighted by Crippen LogP contribution is 2.32. The molecule has 1 aromatic rings. The Kier molecular flexibility index (Phi) is 3.04. The van der Waals surface area contributed by atoms with Crippen molar-refractivity contribution in [2.24, 2.45) is 0 Å². The number of hydrogen-bond donors (Lipinski definition) is 3. The summed E-state index contributed by atoms with van der Waals surface area (Å²) in [4.78, 5) is 11.6. The van der Waals surface area contributed by atoms with Gasteiger partial charge in [0, 0.05) is 22.3 Å². The molecule has 5 heteroatoms. The first-order valence-corrected chi connectivity index (χ1v) is 5.46. The molecule has 3 N–H and O–H groups in total. The summed E-state index contributed by atoms with van der Waals surface area (Å²) in [7, 11) is 0. The minimum atomic E-state index is -0.357. The van der Waals surface area contributed by atoms with E-state index >= 15 is 0 Å². The van der Waals surface area contributed by atoms with Gasteiger partial charge >= 0.3 is 0 Å². The maximum absolute atomic E-state index is 11.6. The molecule has 1 heterocycles. The molecule has 1 amide bonds. The van der Waals surface area contributed by atoms with E-state index < -0.39 is 0 Å². The third-order valence-electron chi connectivity index (χ3n) is 2.30. The third kappa shape index (κ3) is 2.04. The summed E-state index contributed by atoms with van der Waals surface area (Å²) in [6.07, 6.45) is 0. The van der Waals surface area contributed by atoms with Crippen molar-refractivity contribution in [2.75, 3.05) is 18.5 Å². The van der Waals surface area contributed by atoms with Gasteiger partial charge in [-0.15, -0.1) is 0 Å². The van der Waals surface area contributed by atoms with Crippen LogP contribution >= 0.6 is 15.9 Å². The Balaban J connectivity index is 2.27. The second-order valence-corrected chi connectivity index (χ2v) is 4.25. The SMILES string of the molecule is O=C1Nc2ccc(Br)cc2C1NCCO. The molecular weight excluding hydrogens is 260 g/mol. The normalized spacial score (nSPS) is 18.8. The van der Waals surface area contributed by atoms with Gasteiger partial charge in [-0.25, -0.2) is 0 Å². The predicted octanol–water partition coefficient (Wildman–Crippen LogP) is 1.02. The van der Waals surface area contributed by atoms with E-state index in [0.717, 1.165) is 15.7 Å². The highest BCUT2D eigenvalue weighted by atomic mass is 79.9. The van der Waals surface area contributed by atoms with Crippen molar-refractivity contribution in [3.63, 3.8) is 0 Å². The summed E-state index contributed by atoms with van der Waals surface area (Å²) in [5.41, 5.74) is 1.75. The van der Waals surface area contributed by atoms with E-state index in [1.54, 1.807) is 0 Å². The van der Waals surface area contributed by atoms with Crippen LogP contribution in [0.3, 0.4) is 0 Å². The van der Waals surface area contributed by atoms with Crippen molar-refractivity contribution in [3.05, 3.63) is 28.2 Å². The number of rotatable bonds is 3. The molecule has 15 heavy (non-hydrogen) atoms. The van der Waals surface area contributed by atoms with Crippen LogP contribution in [-0.2, 0) is 4.79 Å². The lowest BCUT2D eigenvalue weighted by atomic mass is 10.1. The zero-order valence-electron chi connectivity index (χ0n) is 7.96. The van der Waals surface area contributed by atoms with Gasteiger partial charge in [-0.3, -0.25) is 10.1 Å². The standard InChI is InChI=1S/C10H11BrN2O2/c11-6-1-2-8-7(5-6)9(10(15)13-8)12-3-4-14/h1-2,5,9,12,14H,3-4H2,(H,13,15). The Hall–Kier alpha value is -0.910. The number of anilines is 1. The van der Waals surface area contributed by atoms with Crippen LogP contribution < -0.4 is 10.6 Å². The minimum Gasteiger partial charge on any atom is -0.395 e. The monoisotopic (exact) mass is 270 g/mol.